The van der Waals surface area contributed by atoms with Gasteiger partial charge in [-0.3, -0.25) is 0 Å². The summed E-state index contributed by atoms with van der Waals surface area (Å²) in [5, 5.41) is 9.26. The second-order valence-electron chi connectivity index (χ2n) is 5.43. The molecule has 26 heavy (non-hydrogen) atoms. The van der Waals surface area contributed by atoms with Gasteiger partial charge in [-0.2, -0.15) is 0 Å². The average molecular weight is 396 g/mol. The molecule has 4 nitrogen and oxygen atoms in total. The first-order chi connectivity index (χ1) is 12.6. The van der Waals surface area contributed by atoms with Gasteiger partial charge in [-0.15, -0.1) is 10.2 Å². The maximum Gasteiger partial charge on any atom is 0.191 e. The fraction of sp³-hybridized carbons (Fsp3) is 0.222. The predicted molar refractivity (Wildman–Crippen MR) is 97.4 cm³/mol. The van der Waals surface area contributed by atoms with Gasteiger partial charge in [0.15, 0.2) is 11.0 Å². The van der Waals surface area contributed by atoms with Crippen LogP contribution in [-0.4, -0.2) is 14.8 Å². The van der Waals surface area contributed by atoms with Crippen molar-refractivity contribution in [2.24, 2.45) is 0 Å². The summed E-state index contributed by atoms with van der Waals surface area (Å²) in [6, 6.07) is 10.4. The third-order valence-corrected chi connectivity index (χ3v) is 4.95. The van der Waals surface area contributed by atoms with Crippen molar-refractivity contribution < 1.29 is 13.5 Å². The third kappa shape index (κ3) is 4.53. The van der Waals surface area contributed by atoms with Gasteiger partial charge >= 0.3 is 0 Å². The summed E-state index contributed by atoms with van der Waals surface area (Å²) >= 11 is 7.43. The molecule has 0 aliphatic carbocycles. The van der Waals surface area contributed by atoms with Crippen LogP contribution in [0, 0.1) is 11.6 Å². The minimum atomic E-state index is -0.421. The van der Waals surface area contributed by atoms with Crippen LogP contribution in [0.5, 0.6) is 5.75 Å². The molecule has 0 saturated heterocycles. The van der Waals surface area contributed by atoms with Crippen LogP contribution >= 0.6 is 23.4 Å². The molecule has 0 saturated carbocycles. The van der Waals surface area contributed by atoms with E-state index in [4.69, 9.17) is 16.3 Å². The van der Waals surface area contributed by atoms with Crippen LogP contribution in [0.3, 0.4) is 0 Å². The minimum Gasteiger partial charge on any atom is -0.484 e. The van der Waals surface area contributed by atoms with Crippen molar-refractivity contribution in [2.45, 2.75) is 31.0 Å². The molecule has 0 unspecified atom stereocenters. The van der Waals surface area contributed by atoms with E-state index in [1.165, 1.54) is 42.1 Å². The van der Waals surface area contributed by atoms with E-state index < -0.39 is 5.82 Å². The zero-order valence-electron chi connectivity index (χ0n) is 14.0. The van der Waals surface area contributed by atoms with Gasteiger partial charge in [0.2, 0.25) is 0 Å². The number of hydrogen-bond acceptors (Lipinski definition) is 4. The van der Waals surface area contributed by atoms with Gasteiger partial charge in [-0.05, 0) is 42.8 Å². The number of nitrogens with zero attached hydrogens (tertiary/aromatic N) is 3. The number of halogens is 3. The summed E-state index contributed by atoms with van der Waals surface area (Å²) in [4.78, 5) is 0. The van der Waals surface area contributed by atoms with Crippen LogP contribution in [0.2, 0.25) is 5.02 Å². The van der Waals surface area contributed by atoms with E-state index in [1.54, 1.807) is 6.07 Å². The number of benzene rings is 2. The number of thioether (sulfide) groups is 1. The van der Waals surface area contributed by atoms with Gasteiger partial charge < -0.3 is 9.30 Å². The predicted octanol–water partition coefficient (Wildman–Crippen LogP) is 5.10. The molecule has 0 fully saturated rings. The molecule has 0 amide bonds. The van der Waals surface area contributed by atoms with Crippen molar-refractivity contribution in [1.29, 1.82) is 0 Å². The lowest BCUT2D eigenvalue weighted by Gasteiger charge is -2.10. The molecule has 0 atom stereocenters. The van der Waals surface area contributed by atoms with Crippen molar-refractivity contribution in [2.75, 3.05) is 0 Å². The number of rotatable bonds is 7. The van der Waals surface area contributed by atoms with Gasteiger partial charge in [-0.25, -0.2) is 8.78 Å². The van der Waals surface area contributed by atoms with Crippen LogP contribution in [-0.2, 0) is 18.9 Å². The summed E-state index contributed by atoms with van der Waals surface area (Å²) < 4.78 is 33.9. The van der Waals surface area contributed by atoms with Crippen LogP contribution in [0.15, 0.2) is 47.6 Å². The Bertz CT molecular complexity index is 904. The van der Waals surface area contributed by atoms with Gasteiger partial charge in [0.25, 0.3) is 0 Å². The molecule has 8 heteroatoms. The first kappa shape index (κ1) is 18.7. The van der Waals surface area contributed by atoms with E-state index in [0.717, 1.165) is 10.7 Å². The Kier molecular flexibility index (Phi) is 6.11. The highest BCUT2D eigenvalue weighted by Gasteiger charge is 2.13. The van der Waals surface area contributed by atoms with Crippen molar-refractivity contribution in [3.8, 4) is 5.75 Å². The summed E-state index contributed by atoms with van der Waals surface area (Å²) in [6.45, 7) is 2.80. The Morgan fingerprint density at radius 1 is 1.12 bits per heavy atom. The monoisotopic (exact) mass is 395 g/mol. The van der Waals surface area contributed by atoms with E-state index in [9.17, 15) is 8.78 Å². The first-order valence-corrected chi connectivity index (χ1v) is 9.30. The second kappa shape index (κ2) is 8.51. The topological polar surface area (TPSA) is 39.9 Å². The minimum absolute atomic E-state index is 0.159. The summed E-state index contributed by atoms with van der Waals surface area (Å²) in [7, 11) is 0. The van der Waals surface area contributed by atoms with Crippen LogP contribution in [0.1, 0.15) is 18.3 Å². The van der Waals surface area contributed by atoms with Gasteiger partial charge in [0.1, 0.15) is 24.0 Å². The highest BCUT2D eigenvalue weighted by atomic mass is 35.5. The van der Waals surface area contributed by atoms with Crippen molar-refractivity contribution >= 4 is 23.4 Å². The molecule has 0 spiro atoms. The first-order valence-electron chi connectivity index (χ1n) is 7.94. The molecular weight excluding hydrogens is 380 g/mol. The molecular formula is C18H16ClF2N3OS. The van der Waals surface area contributed by atoms with E-state index in [0.29, 0.717) is 23.9 Å². The highest BCUT2D eigenvalue weighted by Crippen LogP contribution is 2.27. The standard InChI is InChI=1S/C18H16ClF2N3OS/c1-2-24-17(10-25-16-7-6-14(21)9-15(16)19)22-23-18(24)26-11-12-4-3-5-13(20)8-12/h3-9H,2,10-11H2,1H3. The quantitative estimate of drug-likeness (QED) is 0.522. The summed E-state index contributed by atoms with van der Waals surface area (Å²) in [5.41, 5.74) is 0.872. The molecule has 1 aromatic heterocycles. The maximum atomic E-state index is 13.3. The molecule has 0 aliphatic rings. The van der Waals surface area contributed by atoms with E-state index in [2.05, 4.69) is 10.2 Å². The lowest BCUT2D eigenvalue weighted by atomic mass is 10.2. The molecule has 0 aliphatic heterocycles. The Balaban J connectivity index is 1.67. The molecule has 0 radical (unpaired) electrons. The molecule has 3 rings (SSSR count). The molecule has 2 aromatic carbocycles. The van der Waals surface area contributed by atoms with Crippen molar-refractivity contribution in [1.82, 2.24) is 14.8 Å². The second-order valence-corrected chi connectivity index (χ2v) is 6.77. The molecule has 3 aromatic rings. The Hall–Kier alpha value is -2.12. The third-order valence-electron chi connectivity index (χ3n) is 3.62. The summed E-state index contributed by atoms with van der Waals surface area (Å²) in [5.74, 6) is 0.920. The Morgan fingerprint density at radius 3 is 2.65 bits per heavy atom. The van der Waals surface area contributed by atoms with Crippen LogP contribution < -0.4 is 4.74 Å². The average Bonchev–Trinajstić information content (AvgIpc) is 3.01. The van der Waals surface area contributed by atoms with Crippen molar-refractivity contribution in [3.05, 3.63) is 70.5 Å². The fourth-order valence-electron chi connectivity index (χ4n) is 2.36. The lowest BCUT2D eigenvalue weighted by Crippen LogP contribution is -2.07. The van der Waals surface area contributed by atoms with Gasteiger partial charge in [0, 0.05) is 12.3 Å². The van der Waals surface area contributed by atoms with Gasteiger partial charge in [-0.1, -0.05) is 35.5 Å². The Morgan fingerprint density at radius 2 is 1.92 bits per heavy atom. The smallest absolute Gasteiger partial charge is 0.191 e. The largest absolute Gasteiger partial charge is 0.484 e. The number of hydrogen-bond donors (Lipinski definition) is 0. The molecule has 0 N–H and O–H groups in total. The Labute approximate surface area is 159 Å². The normalized spacial score (nSPS) is 10.9. The zero-order chi connectivity index (χ0) is 18.5. The molecule has 0 bridgehead atoms. The number of ether oxygens (including phenoxy) is 1. The molecule has 136 valence electrons. The number of aromatic nitrogens is 3. The van der Waals surface area contributed by atoms with E-state index in [1.807, 2.05) is 17.6 Å². The lowest BCUT2D eigenvalue weighted by molar-refractivity contribution is 0.288. The van der Waals surface area contributed by atoms with Crippen LogP contribution in [0.4, 0.5) is 8.78 Å². The van der Waals surface area contributed by atoms with E-state index >= 15 is 0 Å². The zero-order valence-corrected chi connectivity index (χ0v) is 15.5. The highest BCUT2D eigenvalue weighted by molar-refractivity contribution is 7.98. The van der Waals surface area contributed by atoms with E-state index in [-0.39, 0.29) is 17.4 Å². The summed E-state index contributed by atoms with van der Waals surface area (Å²) in [6.07, 6.45) is 0. The van der Waals surface area contributed by atoms with Gasteiger partial charge in [0.05, 0.1) is 5.02 Å². The fourth-order valence-corrected chi connectivity index (χ4v) is 3.55. The molecule has 1 heterocycles. The SMILES string of the molecule is CCn1c(COc2ccc(F)cc2Cl)nnc1SCc1cccc(F)c1. The van der Waals surface area contributed by atoms with Crippen molar-refractivity contribution in [3.63, 3.8) is 0 Å². The maximum absolute atomic E-state index is 13.3. The van der Waals surface area contributed by atoms with Crippen LogP contribution in [0.25, 0.3) is 0 Å².